The highest BCUT2D eigenvalue weighted by atomic mass is 32.2. The molecule has 0 aliphatic rings. The number of hydrogen-bond acceptors (Lipinski definition) is 3. The molecule has 5 heteroatoms. The van der Waals surface area contributed by atoms with Crippen molar-refractivity contribution in [3.05, 3.63) is 29.6 Å². The number of aryl methyl sites for hydroxylation is 1. The number of nitrogens with one attached hydrogen (secondary N) is 1. The Morgan fingerprint density at radius 1 is 1.47 bits per heavy atom. The lowest BCUT2D eigenvalue weighted by Crippen LogP contribution is -2.27. The molecule has 2 N–H and O–H groups in total. The Kier molecular flexibility index (Phi) is 3.85. The van der Waals surface area contributed by atoms with Crippen molar-refractivity contribution in [2.75, 3.05) is 0 Å². The van der Waals surface area contributed by atoms with Crippen LogP contribution in [0.25, 0.3) is 11.0 Å². The molecule has 0 spiro atoms. The van der Waals surface area contributed by atoms with Gasteiger partial charge in [-0.2, -0.15) is 0 Å². The summed E-state index contributed by atoms with van der Waals surface area (Å²) in [7, 11) is 0. The standard InChI is InChI=1S/C14H18N2O2S/c1-4-9-5-6-10-11(7-9)16-12(15-10)8-19-14(2,3)13(17)18/h5-7H,4,8H2,1-3H3,(H,15,16)(H,17,18). The van der Waals surface area contributed by atoms with Crippen molar-refractivity contribution in [3.63, 3.8) is 0 Å². The summed E-state index contributed by atoms with van der Waals surface area (Å²) in [6.07, 6.45) is 0.991. The van der Waals surface area contributed by atoms with Gasteiger partial charge in [0.1, 0.15) is 10.6 Å². The predicted molar refractivity (Wildman–Crippen MR) is 78.5 cm³/mol. The van der Waals surface area contributed by atoms with Crippen molar-refractivity contribution >= 4 is 28.8 Å². The van der Waals surface area contributed by atoms with Gasteiger partial charge in [-0.05, 0) is 38.0 Å². The third-order valence-corrected chi connectivity index (χ3v) is 4.40. The number of aromatic amines is 1. The average molecular weight is 278 g/mol. The Labute approximate surface area is 116 Å². The number of H-pyrrole nitrogens is 1. The van der Waals surface area contributed by atoms with Crippen molar-refractivity contribution < 1.29 is 9.90 Å². The van der Waals surface area contributed by atoms with Crippen molar-refractivity contribution in [1.29, 1.82) is 0 Å². The molecule has 1 aromatic heterocycles. The van der Waals surface area contributed by atoms with Crippen LogP contribution < -0.4 is 0 Å². The van der Waals surface area contributed by atoms with E-state index in [4.69, 9.17) is 5.11 Å². The van der Waals surface area contributed by atoms with E-state index in [2.05, 4.69) is 29.0 Å². The fourth-order valence-corrected chi connectivity index (χ4v) is 2.47. The van der Waals surface area contributed by atoms with Crippen LogP contribution in [0.5, 0.6) is 0 Å². The molecule has 0 saturated heterocycles. The molecular weight excluding hydrogens is 260 g/mol. The monoisotopic (exact) mass is 278 g/mol. The number of imidazole rings is 1. The molecule has 0 saturated carbocycles. The Morgan fingerprint density at radius 3 is 2.84 bits per heavy atom. The number of carbonyl (C=O) groups is 1. The average Bonchev–Trinajstić information content (AvgIpc) is 2.77. The third kappa shape index (κ3) is 3.10. The number of hydrogen-bond donors (Lipinski definition) is 2. The van der Waals surface area contributed by atoms with Gasteiger partial charge in [-0.1, -0.05) is 13.0 Å². The molecule has 0 bridgehead atoms. The molecule has 1 aromatic carbocycles. The minimum atomic E-state index is -0.804. The van der Waals surface area contributed by atoms with Gasteiger partial charge in [-0.15, -0.1) is 11.8 Å². The molecule has 0 amide bonds. The first kappa shape index (κ1) is 13.9. The zero-order valence-corrected chi connectivity index (χ0v) is 12.2. The maximum absolute atomic E-state index is 11.0. The third-order valence-electron chi connectivity index (χ3n) is 3.09. The van der Waals surface area contributed by atoms with Gasteiger partial charge >= 0.3 is 5.97 Å². The van der Waals surface area contributed by atoms with Gasteiger partial charge in [-0.25, -0.2) is 4.98 Å². The van der Waals surface area contributed by atoms with Gasteiger partial charge in [-0.3, -0.25) is 4.79 Å². The van der Waals surface area contributed by atoms with Crippen LogP contribution >= 0.6 is 11.8 Å². The minimum absolute atomic E-state index is 0.565. The molecule has 2 rings (SSSR count). The van der Waals surface area contributed by atoms with Gasteiger partial charge in [0, 0.05) is 0 Å². The maximum Gasteiger partial charge on any atom is 0.319 e. The van der Waals surface area contributed by atoms with Gasteiger partial charge in [0.2, 0.25) is 0 Å². The molecule has 0 unspecified atom stereocenters. The van der Waals surface area contributed by atoms with Crippen LogP contribution in [-0.2, 0) is 17.0 Å². The van der Waals surface area contributed by atoms with Crippen LogP contribution in [0, 0.1) is 0 Å². The Balaban J connectivity index is 2.16. The number of thioether (sulfide) groups is 1. The summed E-state index contributed by atoms with van der Waals surface area (Å²) < 4.78 is -0.798. The van der Waals surface area contributed by atoms with Gasteiger partial charge in [0.05, 0.1) is 16.8 Å². The molecule has 0 atom stereocenters. The molecular formula is C14H18N2O2S. The molecule has 0 fully saturated rings. The summed E-state index contributed by atoms with van der Waals surface area (Å²) in [6.45, 7) is 5.53. The van der Waals surface area contributed by atoms with Crippen molar-refractivity contribution in [1.82, 2.24) is 9.97 Å². The van der Waals surface area contributed by atoms with Crippen molar-refractivity contribution in [2.24, 2.45) is 0 Å². The second kappa shape index (κ2) is 5.25. The van der Waals surface area contributed by atoms with E-state index in [-0.39, 0.29) is 0 Å². The second-order valence-electron chi connectivity index (χ2n) is 4.99. The minimum Gasteiger partial charge on any atom is -0.480 e. The van der Waals surface area contributed by atoms with E-state index in [0.29, 0.717) is 5.75 Å². The topological polar surface area (TPSA) is 66.0 Å². The summed E-state index contributed by atoms with van der Waals surface area (Å²) in [5.74, 6) is 0.583. The number of carboxylic acid groups (broad SMARTS) is 1. The number of benzene rings is 1. The Morgan fingerprint density at radius 2 is 2.21 bits per heavy atom. The Bertz CT molecular complexity index is 605. The van der Waals surface area contributed by atoms with Crippen molar-refractivity contribution in [2.45, 2.75) is 37.7 Å². The first-order chi connectivity index (χ1) is 8.92. The number of carboxylic acids is 1. The van der Waals surface area contributed by atoms with E-state index < -0.39 is 10.7 Å². The van der Waals surface area contributed by atoms with Crippen LogP contribution in [0.3, 0.4) is 0 Å². The van der Waals surface area contributed by atoms with Crippen LogP contribution in [0.4, 0.5) is 0 Å². The summed E-state index contributed by atoms with van der Waals surface area (Å²) in [5.41, 5.74) is 3.21. The SMILES string of the molecule is CCc1ccc2nc(CSC(C)(C)C(=O)O)[nH]c2c1. The highest BCUT2D eigenvalue weighted by Gasteiger charge is 2.27. The predicted octanol–water partition coefficient (Wildman–Crippen LogP) is 3.22. The highest BCUT2D eigenvalue weighted by Crippen LogP contribution is 2.28. The number of nitrogens with zero attached hydrogens (tertiary/aromatic N) is 1. The summed E-state index contributed by atoms with van der Waals surface area (Å²) >= 11 is 1.37. The van der Waals surface area contributed by atoms with E-state index in [1.54, 1.807) is 13.8 Å². The van der Waals surface area contributed by atoms with Crippen LogP contribution in [0.2, 0.25) is 0 Å². The number of rotatable bonds is 5. The summed E-state index contributed by atoms with van der Waals surface area (Å²) in [6, 6.07) is 6.17. The Hall–Kier alpha value is -1.49. The van der Waals surface area contributed by atoms with Crippen LogP contribution in [0.15, 0.2) is 18.2 Å². The van der Waals surface area contributed by atoms with E-state index in [1.165, 1.54) is 17.3 Å². The lowest BCUT2D eigenvalue weighted by molar-refractivity contribution is -0.138. The van der Waals surface area contributed by atoms with Crippen LogP contribution in [0.1, 0.15) is 32.2 Å². The maximum atomic E-state index is 11.0. The molecule has 19 heavy (non-hydrogen) atoms. The van der Waals surface area contributed by atoms with Crippen LogP contribution in [-0.4, -0.2) is 25.8 Å². The normalized spacial score (nSPS) is 11.9. The summed E-state index contributed by atoms with van der Waals surface area (Å²) in [4.78, 5) is 18.8. The largest absolute Gasteiger partial charge is 0.480 e. The first-order valence-corrected chi connectivity index (χ1v) is 7.26. The number of aliphatic carboxylic acids is 1. The van der Waals surface area contributed by atoms with Gasteiger partial charge in [0.15, 0.2) is 0 Å². The lowest BCUT2D eigenvalue weighted by atomic mass is 10.1. The number of aromatic nitrogens is 2. The molecule has 4 nitrogen and oxygen atoms in total. The zero-order chi connectivity index (χ0) is 14.0. The van der Waals surface area contributed by atoms with E-state index in [0.717, 1.165) is 23.3 Å². The molecule has 0 aliphatic heterocycles. The molecule has 1 heterocycles. The van der Waals surface area contributed by atoms with Gasteiger partial charge < -0.3 is 10.1 Å². The van der Waals surface area contributed by atoms with Crippen molar-refractivity contribution in [3.8, 4) is 0 Å². The fourth-order valence-electron chi connectivity index (χ4n) is 1.71. The molecule has 0 aliphatic carbocycles. The fraction of sp³-hybridized carbons (Fsp3) is 0.429. The van der Waals surface area contributed by atoms with E-state index >= 15 is 0 Å². The van der Waals surface area contributed by atoms with Gasteiger partial charge in [0.25, 0.3) is 0 Å². The van der Waals surface area contributed by atoms with E-state index in [1.807, 2.05) is 6.07 Å². The molecule has 2 aromatic rings. The van der Waals surface area contributed by atoms with E-state index in [9.17, 15) is 4.79 Å². The molecule has 102 valence electrons. The lowest BCUT2D eigenvalue weighted by Gasteiger charge is -2.17. The number of fused-ring (bicyclic) bond motifs is 1. The second-order valence-corrected chi connectivity index (χ2v) is 6.59. The highest BCUT2D eigenvalue weighted by molar-refractivity contribution is 8.00. The quantitative estimate of drug-likeness (QED) is 0.881. The summed E-state index contributed by atoms with van der Waals surface area (Å²) in [5, 5.41) is 9.08. The zero-order valence-electron chi connectivity index (χ0n) is 11.4. The molecule has 0 radical (unpaired) electrons. The first-order valence-electron chi connectivity index (χ1n) is 6.27. The smallest absolute Gasteiger partial charge is 0.319 e.